The SMILES string of the molecule is C=C(C)C(=O)OCCCC(C)N(c1ccccc1)c1ccc(OCCOC(=O)C(=C)C)cc1. The molecule has 0 heterocycles. The predicted molar refractivity (Wildman–Crippen MR) is 131 cm³/mol. The van der Waals surface area contributed by atoms with E-state index in [1.807, 2.05) is 42.5 Å². The molecule has 0 spiro atoms. The summed E-state index contributed by atoms with van der Waals surface area (Å²) < 4.78 is 15.9. The van der Waals surface area contributed by atoms with Crippen LogP contribution < -0.4 is 9.64 Å². The Kier molecular flexibility index (Phi) is 10.2. The lowest BCUT2D eigenvalue weighted by atomic mass is 10.1. The van der Waals surface area contributed by atoms with Crippen molar-refractivity contribution in [1.82, 2.24) is 0 Å². The minimum absolute atomic E-state index is 0.163. The molecule has 0 saturated carbocycles. The number of rotatable bonds is 13. The summed E-state index contributed by atoms with van der Waals surface area (Å²) in [6.07, 6.45) is 1.58. The van der Waals surface area contributed by atoms with Crippen LogP contribution in [0.2, 0.25) is 0 Å². The maximum atomic E-state index is 11.6. The van der Waals surface area contributed by atoms with Crippen LogP contribution in [0.15, 0.2) is 78.9 Å². The van der Waals surface area contributed by atoms with Gasteiger partial charge in [0.2, 0.25) is 0 Å². The maximum Gasteiger partial charge on any atom is 0.333 e. The van der Waals surface area contributed by atoms with Crippen molar-refractivity contribution in [2.45, 2.75) is 39.7 Å². The zero-order valence-corrected chi connectivity index (χ0v) is 19.7. The van der Waals surface area contributed by atoms with Gasteiger partial charge in [-0.05, 0) is 70.0 Å². The molecule has 0 amide bonds. The lowest BCUT2D eigenvalue weighted by Crippen LogP contribution is -2.28. The second kappa shape index (κ2) is 13.1. The zero-order chi connectivity index (χ0) is 24.2. The number of benzene rings is 2. The molecule has 2 aromatic rings. The molecule has 6 nitrogen and oxygen atoms in total. The first-order chi connectivity index (χ1) is 15.8. The fraction of sp³-hybridized carbons (Fsp3) is 0.333. The molecule has 0 fully saturated rings. The summed E-state index contributed by atoms with van der Waals surface area (Å²) in [4.78, 5) is 25.2. The molecule has 0 aliphatic carbocycles. The third kappa shape index (κ3) is 8.48. The van der Waals surface area contributed by atoms with E-state index in [1.54, 1.807) is 13.8 Å². The van der Waals surface area contributed by atoms with Crippen molar-refractivity contribution in [2.24, 2.45) is 0 Å². The number of hydrogen-bond acceptors (Lipinski definition) is 6. The number of carbonyl (C=O) groups excluding carboxylic acids is 2. The van der Waals surface area contributed by atoms with Gasteiger partial charge >= 0.3 is 11.9 Å². The number of anilines is 2. The van der Waals surface area contributed by atoms with Crippen LogP contribution >= 0.6 is 0 Å². The van der Waals surface area contributed by atoms with Gasteiger partial charge in [-0.1, -0.05) is 31.4 Å². The molecule has 33 heavy (non-hydrogen) atoms. The molecule has 6 heteroatoms. The van der Waals surface area contributed by atoms with E-state index in [0.29, 0.717) is 23.5 Å². The smallest absolute Gasteiger partial charge is 0.333 e. The first kappa shape index (κ1) is 25.7. The Morgan fingerprint density at radius 3 is 1.94 bits per heavy atom. The third-order valence-corrected chi connectivity index (χ3v) is 4.87. The van der Waals surface area contributed by atoms with Crippen LogP contribution in [-0.4, -0.2) is 37.8 Å². The van der Waals surface area contributed by atoms with E-state index in [9.17, 15) is 9.59 Å². The predicted octanol–water partition coefficient (Wildman–Crippen LogP) is 5.61. The van der Waals surface area contributed by atoms with E-state index in [1.165, 1.54) is 0 Å². The zero-order valence-electron chi connectivity index (χ0n) is 19.7. The first-order valence-electron chi connectivity index (χ1n) is 11.0. The number of carbonyl (C=O) groups is 2. The van der Waals surface area contributed by atoms with Gasteiger partial charge in [0.05, 0.1) is 6.61 Å². The Morgan fingerprint density at radius 2 is 1.36 bits per heavy atom. The molecule has 176 valence electrons. The Balaban J connectivity index is 1.99. The second-order valence-electron chi connectivity index (χ2n) is 7.87. The van der Waals surface area contributed by atoms with Gasteiger partial charge in [-0.3, -0.25) is 0 Å². The van der Waals surface area contributed by atoms with Crippen LogP contribution in [0.5, 0.6) is 5.75 Å². The molecule has 2 rings (SSSR count). The Morgan fingerprint density at radius 1 is 0.818 bits per heavy atom. The highest BCUT2D eigenvalue weighted by Crippen LogP contribution is 2.30. The van der Waals surface area contributed by atoms with E-state index in [-0.39, 0.29) is 25.2 Å². The molecule has 0 saturated heterocycles. The molecule has 0 bridgehead atoms. The van der Waals surface area contributed by atoms with Crippen molar-refractivity contribution in [3.8, 4) is 5.75 Å². The van der Waals surface area contributed by atoms with Gasteiger partial charge in [0.1, 0.15) is 19.0 Å². The summed E-state index contributed by atoms with van der Waals surface area (Å²) in [5.74, 6) is -0.0825. The first-order valence-corrected chi connectivity index (χ1v) is 11.0. The van der Waals surface area contributed by atoms with Gasteiger partial charge in [0.15, 0.2) is 0 Å². The summed E-state index contributed by atoms with van der Waals surface area (Å²) in [5, 5.41) is 0. The average molecular weight is 452 g/mol. The normalized spacial score (nSPS) is 11.2. The van der Waals surface area contributed by atoms with Crippen molar-refractivity contribution in [1.29, 1.82) is 0 Å². The fourth-order valence-electron chi connectivity index (χ4n) is 3.16. The van der Waals surface area contributed by atoms with E-state index in [4.69, 9.17) is 14.2 Å². The third-order valence-electron chi connectivity index (χ3n) is 4.87. The molecule has 0 radical (unpaired) electrons. The lowest BCUT2D eigenvalue weighted by Gasteiger charge is -2.32. The van der Waals surface area contributed by atoms with Crippen molar-refractivity contribution >= 4 is 23.3 Å². The minimum atomic E-state index is -0.421. The molecule has 2 aromatic carbocycles. The van der Waals surface area contributed by atoms with Crippen LogP contribution in [0, 0.1) is 0 Å². The highest BCUT2D eigenvalue weighted by atomic mass is 16.6. The summed E-state index contributed by atoms with van der Waals surface area (Å²) >= 11 is 0. The standard InChI is InChI=1S/C27H33NO5/c1-20(2)26(29)32-17-9-10-22(5)28(23-11-7-6-8-12-23)24-13-15-25(16-14-24)31-18-19-33-27(30)21(3)4/h6-8,11-16,22H,1,3,9-10,17-19H2,2,4-5H3. The highest BCUT2D eigenvalue weighted by Gasteiger charge is 2.17. The van der Waals surface area contributed by atoms with Crippen molar-refractivity contribution in [3.63, 3.8) is 0 Å². The number of ether oxygens (including phenoxy) is 3. The van der Waals surface area contributed by atoms with Crippen molar-refractivity contribution < 1.29 is 23.8 Å². The molecule has 0 aliphatic heterocycles. The van der Waals surface area contributed by atoms with E-state index >= 15 is 0 Å². The molecular formula is C27H33NO5. The second-order valence-corrected chi connectivity index (χ2v) is 7.87. The Hall–Kier alpha value is -3.54. The van der Waals surface area contributed by atoms with Crippen LogP contribution in [-0.2, 0) is 19.1 Å². The largest absolute Gasteiger partial charge is 0.490 e. The van der Waals surface area contributed by atoms with Gasteiger partial charge in [-0.2, -0.15) is 0 Å². The molecule has 0 aromatic heterocycles. The van der Waals surface area contributed by atoms with Gasteiger partial charge in [0, 0.05) is 28.6 Å². The number of nitrogens with zero attached hydrogens (tertiary/aromatic N) is 1. The Labute approximate surface area is 196 Å². The lowest BCUT2D eigenvalue weighted by molar-refractivity contribution is -0.140. The van der Waals surface area contributed by atoms with Gasteiger partial charge in [-0.15, -0.1) is 0 Å². The quantitative estimate of drug-likeness (QED) is 0.224. The number of hydrogen-bond donors (Lipinski definition) is 0. The molecule has 1 unspecified atom stereocenters. The van der Waals surface area contributed by atoms with E-state index in [0.717, 1.165) is 24.2 Å². The van der Waals surface area contributed by atoms with Gasteiger partial charge < -0.3 is 19.1 Å². The van der Waals surface area contributed by atoms with E-state index in [2.05, 4.69) is 37.1 Å². The van der Waals surface area contributed by atoms with Crippen LogP contribution in [0.1, 0.15) is 33.6 Å². The van der Waals surface area contributed by atoms with Crippen molar-refractivity contribution in [3.05, 3.63) is 78.9 Å². The molecule has 0 aliphatic rings. The van der Waals surface area contributed by atoms with Crippen molar-refractivity contribution in [2.75, 3.05) is 24.7 Å². The number of para-hydroxylation sites is 1. The number of esters is 2. The van der Waals surface area contributed by atoms with E-state index < -0.39 is 5.97 Å². The van der Waals surface area contributed by atoms with Crippen LogP contribution in [0.3, 0.4) is 0 Å². The van der Waals surface area contributed by atoms with Gasteiger partial charge in [0.25, 0.3) is 0 Å². The summed E-state index contributed by atoms with van der Waals surface area (Å²) in [5.41, 5.74) is 2.87. The van der Waals surface area contributed by atoms with Crippen LogP contribution in [0.25, 0.3) is 0 Å². The minimum Gasteiger partial charge on any atom is -0.490 e. The summed E-state index contributed by atoms with van der Waals surface area (Å²) in [6, 6.07) is 18.1. The fourth-order valence-corrected chi connectivity index (χ4v) is 3.16. The summed E-state index contributed by atoms with van der Waals surface area (Å²) in [6.45, 7) is 13.3. The summed E-state index contributed by atoms with van der Waals surface area (Å²) in [7, 11) is 0. The molecule has 0 N–H and O–H groups in total. The molecule has 1 atom stereocenters. The average Bonchev–Trinajstić information content (AvgIpc) is 2.81. The maximum absolute atomic E-state index is 11.6. The van der Waals surface area contributed by atoms with Crippen LogP contribution in [0.4, 0.5) is 11.4 Å². The highest BCUT2D eigenvalue weighted by molar-refractivity contribution is 5.87. The Bertz CT molecular complexity index is 937. The topological polar surface area (TPSA) is 65.1 Å². The monoisotopic (exact) mass is 451 g/mol. The molecular weight excluding hydrogens is 418 g/mol. The van der Waals surface area contributed by atoms with Gasteiger partial charge in [-0.25, -0.2) is 9.59 Å².